The van der Waals surface area contributed by atoms with Gasteiger partial charge in [0.1, 0.15) is 18.1 Å². The van der Waals surface area contributed by atoms with Gasteiger partial charge in [0.05, 0.1) is 17.3 Å². The molecule has 0 aliphatic carbocycles. The van der Waals surface area contributed by atoms with E-state index in [0.29, 0.717) is 47.1 Å². The average molecular weight is 737 g/mol. The van der Waals surface area contributed by atoms with Crippen molar-refractivity contribution in [3.8, 4) is 23.1 Å². The third-order valence-corrected chi connectivity index (χ3v) is 9.58. The van der Waals surface area contributed by atoms with Crippen molar-refractivity contribution in [2.45, 2.75) is 46.4 Å². The van der Waals surface area contributed by atoms with E-state index in [4.69, 9.17) is 37.4 Å². The molecule has 5 aromatic rings. The van der Waals surface area contributed by atoms with Crippen molar-refractivity contribution in [1.29, 1.82) is 0 Å². The molecule has 52 heavy (non-hydrogen) atoms. The van der Waals surface area contributed by atoms with Gasteiger partial charge in [-0.3, -0.25) is 9.69 Å². The Hall–Kier alpha value is -4.82. The van der Waals surface area contributed by atoms with Crippen LogP contribution in [0.5, 0.6) is 23.1 Å². The summed E-state index contributed by atoms with van der Waals surface area (Å²) in [6, 6.07) is 31.7. The third-order valence-electron chi connectivity index (χ3n) is 8.93. The summed E-state index contributed by atoms with van der Waals surface area (Å²) in [6.45, 7) is 10.3. The minimum absolute atomic E-state index is 0.0128. The van der Waals surface area contributed by atoms with E-state index < -0.39 is 0 Å². The Bertz CT molecular complexity index is 1950. The van der Waals surface area contributed by atoms with Gasteiger partial charge in [-0.05, 0) is 85.5 Å². The number of rotatable bonds is 13. The Labute approximate surface area is 316 Å². The number of benzene rings is 4. The quantitative estimate of drug-likeness (QED) is 0.112. The second-order valence-electron chi connectivity index (χ2n) is 13.2. The molecule has 0 bridgehead atoms. The summed E-state index contributed by atoms with van der Waals surface area (Å²) in [5.74, 6) is 2.38. The fourth-order valence-corrected chi connectivity index (χ4v) is 6.54. The first-order valence-electron chi connectivity index (χ1n) is 17.5. The van der Waals surface area contributed by atoms with Gasteiger partial charge in [0.2, 0.25) is 11.8 Å². The van der Waals surface area contributed by atoms with Crippen molar-refractivity contribution < 1.29 is 19.0 Å². The normalized spacial score (nSPS) is 14.0. The van der Waals surface area contributed by atoms with E-state index in [-0.39, 0.29) is 12.0 Å². The molecule has 1 unspecified atom stereocenters. The van der Waals surface area contributed by atoms with Crippen LogP contribution in [0.15, 0.2) is 109 Å². The number of carbonyl (C=O) groups is 1. The minimum Gasteiger partial charge on any atom is -0.490 e. The van der Waals surface area contributed by atoms with Crippen LogP contribution < -0.4 is 14.2 Å². The molecule has 1 amide bonds. The predicted octanol–water partition coefficient (Wildman–Crippen LogP) is 9.74. The molecule has 1 saturated heterocycles. The number of hydrogen-bond donors (Lipinski definition) is 0. The summed E-state index contributed by atoms with van der Waals surface area (Å²) < 4.78 is 17.9. The van der Waals surface area contributed by atoms with Crippen LogP contribution in [0.1, 0.15) is 40.3 Å². The maximum Gasteiger partial charge on any atom is 0.246 e. The van der Waals surface area contributed by atoms with E-state index in [9.17, 15) is 4.79 Å². The van der Waals surface area contributed by atoms with Crippen molar-refractivity contribution in [1.82, 2.24) is 14.8 Å². The molecule has 1 atom stereocenters. The number of pyridine rings is 1. The molecule has 0 N–H and O–H groups in total. The standard InChI is InChI=1S/C43H43Cl2N3O4/c1-30-8-15-37(16-9-30)51-32(3)25-33-10-12-34(13-11-33)28-47-20-22-48(23-21-47)42(49)19-14-35-24-31(2)43(40(45)26-35)52-41-18-17-38(27-46-41)50-29-36-6-4-5-7-39(36)44/h4-19,24,26-27,32H,20-23,25,28-29H2,1-3H3/b19-14+. The molecule has 1 aliphatic heterocycles. The van der Waals surface area contributed by atoms with Crippen molar-refractivity contribution in [3.63, 3.8) is 0 Å². The number of halogens is 2. The van der Waals surface area contributed by atoms with Crippen LogP contribution >= 0.6 is 23.2 Å². The number of nitrogens with zero attached hydrogens (tertiary/aromatic N) is 3. The molecule has 0 radical (unpaired) electrons. The molecular weight excluding hydrogens is 693 g/mol. The van der Waals surface area contributed by atoms with Gasteiger partial charge in [-0.2, -0.15) is 0 Å². The highest BCUT2D eigenvalue weighted by atomic mass is 35.5. The van der Waals surface area contributed by atoms with E-state index in [0.717, 1.165) is 48.5 Å². The zero-order valence-electron chi connectivity index (χ0n) is 29.7. The molecule has 4 aromatic carbocycles. The van der Waals surface area contributed by atoms with Gasteiger partial charge in [-0.1, -0.05) is 83.4 Å². The van der Waals surface area contributed by atoms with Gasteiger partial charge < -0.3 is 19.1 Å². The zero-order valence-corrected chi connectivity index (χ0v) is 31.2. The first kappa shape index (κ1) is 37.0. The van der Waals surface area contributed by atoms with Gasteiger partial charge in [-0.25, -0.2) is 4.98 Å². The van der Waals surface area contributed by atoms with Crippen LogP contribution in [0.3, 0.4) is 0 Å². The largest absolute Gasteiger partial charge is 0.490 e. The van der Waals surface area contributed by atoms with Gasteiger partial charge in [0.15, 0.2) is 5.75 Å². The SMILES string of the molecule is Cc1ccc(OC(C)Cc2ccc(CN3CCN(C(=O)/C=C/c4cc(C)c(Oc5ccc(OCc6ccccc6Cl)cn5)c(Cl)c4)CC3)cc2)cc1. The fourth-order valence-electron chi connectivity index (χ4n) is 6.04. The first-order valence-corrected chi connectivity index (χ1v) is 18.2. The van der Waals surface area contributed by atoms with Crippen LogP contribution in [0.25, 0.3) is 6.08 Å². The lowest BCUT2D eigenvalue weighted by Crippen LogP contribution is -2.47. The van der Waals surface area contributed by atoms with Crippen LogP contribution in [-0.4, -0.2) is 53.0 Å². The molecule has 7 nitrogen and oxygen atoms in total. The van der Waals surface area contributed by atoms with E-state index in [2.05, 4.69) is 60.1 Å². The van der Waals surface area contributed by atoms with Gasteiger partial charge in [0.25, 0.3) is 0 Å². The molecule has 1 fully saturated rings. The van der Waals surface area contributed by atoms with Crippen molar-refractivity contribution in [2.75, 3.05) is 26.2 Å². The van der Waals surface area contributed by atoms with Crippen LogP contribution in [0.4, 0.5) is 0 Å². The van der Waals surface area contributed by atoms with E-state index in [1.807, 2.05) is 54.3 Å². The molecule has 9 heteroatoms. The summed E-state index contributed by atoms with van der Waals surface area (Å²) in [5.41, 5.74) is 6.28. The van der Waals surface area contributed by atoms with E-state index >= 15 is 0 Å². The van der Waals surface area contributed by atoms with E-state index in [1.54, 1.807) is 36.5 Å². The maximum absolute atomic E-state index is 13.1. The summed E-state index contributed by atoms with van der Waals surface area (Å²) in [4.78, 5) is 21.7. The highest BCUT2D eigenvalue weighted by Gasteiger charge is 2.20. The number of hydrogen-bond acceptors (Lipinski definition) is 6. The molecule has 6 rings (SSSR count). The van der Waals surface area contributed by atoms with Crippen molar-refractivity contribution in [2.24, 2.45) is 0 Å². The molecule has 1 aromatic heterocycles. The van der Waals surface area contributed by atoms with Gasteiger partial charge in [-0.15, -0.1) is 0 Å². The molecule has 0 saturated carbocycles. The highest BCUT2D eigenvalue weighted by Crippen LogP contribution is 2.34. The number of piperazine rings is 1. The Kier molecular flexibility index (Phi) is 12.5. The Morgan fingerprint density at radius 3 is 2.25 bits per heavy atom. The predicted molar refractivity (Wildman–Crippen MR) is 209 cm³/mol. The average Bonchev–Trinajstić information content (AvgIpc) is 3.14. The molecule has 268 valence electrons. The summed E-state index contributed by atoms with van der Waals surface area (Å²) in [7, 11) is 0. The monoisotopic (exact) mass is 735 g/mol. The number of ether oxygens (including phenoxy) is 3. The Morgan fingerprint density at radius 1 is 0.846 bits per heavy atom. The first-order chi connectivity index (χ1) is 25.2. The van der Waals surface area contributed by atoms with Gasteiger partial charge >= 0.3 is 0 Å². The smallest absolute Gasteiger partial charge is 0.246 e. The van der Waals surface area contributed by atoms with Crippen LogP contribution in [0.2, 0.25) is 10.0 Å². The fraction of sp³-hybridized carbons (Fsp3) is 0.256. The van der Waals surface area contributed by atoms with Crippen LogP contribution in [-0.2, 0) is 24.4 Å². The third kappa shape index (κ3) is 10.4. The summed E-state index contributed by atoms with van der Waals surface area (Å²) >= 11 is 12.8. The van der Waals surface area contributed by atoms with Gasteiger partial charge in [0, 0.05) is 61.9 Å². The van der Waals surface area contributed by atoms with Crippen molar-refractivity contribution >= 4 is 35.2 Å². The number of amides is 1. The maximum atomic E-state index is 13.1. The van der Waals surface area contributed by atoms with E-state index in [1.165, 1.54) is 16.7 Å². The Morgan fingerprint density at radius 2 is 1.56 bits per heavy atom. The lowest BCUT2D eigenvalue weighted by atomic mass is 10.1. The molecule has 1 aliphatic rings. The zero-order chi connectivity index (χ0) is 36.5. The number of aryl methyl sites for hydroxylation is 2. The lowest BCUT2D eigenvalue weighted by molar-refractivity contribution is -0.127. The summed E-state index contributed by atoms with van der Waals surface area (Å²) in [6.07, 6.45) is 5.95. The summed E-state index contributed by atoms with van der Waals surface area (Å²) in [5, 5.41) is 1.08. The van der Waals surface area contributed by atoms with Crippen molar-refractivity contribution in [3.05, 3.63) is 153 Å². The topological polar surface area (TPSA) is 64.1 Å². The minimum atomic E-state index is -0.0128. The molecular formula is C43H43Cl2N3O4. The molecule has 2 heterocycles. The second kappa shape index (κ2) is 17.6. The lowest BCUT2D eigenvalue weighted by Gasteiger charge is -2.34. The Balaban J connectivity index is 0.942. The molecule has 0 spiro atoms. The second-order valence-corrected chi connectivity index (χ2v) is 14.0. The number of aromatic nitrogens is 1. The number of carbonyl (C=O) groups excluding carboxylic acids is 1. The van der Waals surface area contributed by atoms with Crippen LogP contribution in [0, 0.1) is 13.8 Å². The highest BCUT2D eigenvalue weighted by molar-refractivity contribution is 6.32.